The van der Waals surface area contributed by atoms with Crippen molar-refractivity contribution < 1.29 is 8.78 Å². The number of aromatic nitrogens is 1. The van der Waals surface area contributed by atoms with Crippen molar-refractivity contribution in [2.24, 2.45) is 0 Å². The van der Waals surface area contributed by atoms with E-state index < -0.39 is 13.0 Å². The third-order valence-electron chi connectivity index (χ3n) is 2.15. The number of rotatable bonds is 3. The molecule has 1 heterocycles. The quantitative estimate of drug-likeness (QED) is 0.793. The zero-order valence-corrected chi connectivity index (χ0v) is 8.45. The molecule has 1 N–H and O–H groups in total. The molecule has 0 spiro atoms. The third kappa shape index (κ3) is 2.48. The minimum Gasteiger partial charge on any atom is -0.364 e. The van der Waals surface area contributed by atoms with E-state index in [4.69, 9.17) is 7.85 Å². The Morgan fingerprint density at radius 3 is 2.75 bits per heavy atom. The van der Waals surface area contributed by atoms with Crippen LogP contribution >= 0.6 is 0 Å². The molecule has 2 nitrogen and oxygen atoms in total. The van der Waals surface area contributed by atoms with E-state index in [9.17, 15) is 8.78 Å². The average molecular weight is 218 g/mol. The van der Waals surface area contributed by atoms with Crippen molar-refractivity contribution in [3.63, 3.8) is 0 Å². The first-order chi connectivity index (χ1) is 7.65. The lowest BCUT2D eigenvalue weighted by Gasteiger charge is -2.06. The summed E-state index contributed by atoms with van der Waals surface area (Å²) in [5, 5.41) is 3.48. The summed E-state index contributed by atoms with van der Waals surface area (Å²) in [4.78, 5) is 4.18. The second-order valence-corrected chi connectivity index (χ2v) is 3.42. The van der Waals surface area contributed by atoms with Crippen molar-refractivity contribution in [2.45, 2.75) is 6.43 Å². The van der Waals surface area contributed by atoms with Crippen molar-refractivity contribution in [1.82, 2.24) is 4.98 Å². The standard InChI is InChI=1S/C11H9BF2N2/c12-8-3-1-7-2-4-11(15-6-10(13)14)16-9(7)5-8/h1-5,10H,6H2,(H,15,16). The fourth-order valence-electron chi connectivity index (χ4n) is 1.41. The average Bonchev–Trinajstić information content (AvgIpc) is 2.25. The van der Waals surface area contributed by atoms with Gasteiger partial charge >= 0.3 is 0 Å². The van der Waals surface area contributed by atoms with Gasteiger partial charge < -0.3 is 5.32 Å². The topological polar surface area (TPSA) is 24.9 Å². The first-order valence-electron chi connectivity index (χ1n) is 4.83. The smallest absolute Gasteiger partial charge is 0.255 e. The van der Waals surface area contributed by atoms with E-state index in [2.05, 4.69) is 10.3 Å². The van der Waals surface area contributed by atoms with Crippen molar-refractivity contribution in [2.75, 3.05) is 11.9 Å². The van der Waals surface area contributed by atoms with Gasteiger partial charge in [-0.2, -0.15) is 0 Å². The first kappa shape index (κ1) is 10.9. The van der Waals surface area contributed by atoms with Gasteiger partial charge in [0.2, 0.25) is 0 Å². The van der Waals surface area contributed by atoms with Gasteiger partial charge in [0.1, 0.15) is 13.7 Å². The Kier molecular flexibility index (Phi) is 3.03. The molecular formula is C11H9BF2N2. The SMILES string of the molecule is [B]c1ccc2ccc(NCC(F)F)nc2c1. The first-order valence-corrected chi connectivity index (χ1v) is 4.83. The Bertz CT molecular complexity index is 502. The molecule has 0 aliphatic carbocycles. The number of fused-ring (bicyclic) bond motifs is 1. The Morgan fingerprint density at radius 1 is 1.25 bits per heavy atom. The van der Waals surface area contributed by atoms with Gasteiger partial charge in [0.05, 0.1) is 12.1 Å². The summed E-state index contributed by atoms with van der Waals surface area (Å²) in [6.07, 6.45) is -2.39. The number of anilines is 1. The summed E-state index contributed by atoms with van der Waals surface area (Å²) >= 11 is 0. The van der Waals surface area contributed by atoms with Crippen LogP contribution in [0.3, 0.4) is 0 Å². The minimum atomic E-state index is -2.39. The van der Waals surface area contributed by atoms with Crippen LogP contribution in [0.25, 0.3) is 10.9 Å². The van der Waals surface area contributed by atoms with E-state index in [1.807, 2.05) is 12.1 Å². The van der Waals surface area contributed by atoms with E-state index in [1.165, 1.54) is 0 Å². The molecule has 2 rings (SSSR count). The lowest BCUT2D eigenvalue weighted by molar-refractivity contribution is 0.163. The molecule has 16 heavy (non-hydrogen) atoms. The van der Waals surface area contributed by atoms with Crippen LogP contribution in [-0.2, 0) is 0 Å². The van der Waals surface area contributed by atoms with Crippen LogP contribution < -0.4 is 10.8 Å². The highest BCUT2D eigenvalue weighted by atomic mass is 19.3. The zero-order valence-electron chi connectivity index (χ0n) is 8.45. The van der Waals surface area contributed by atoms with Gasteiger partial charge in [0.15, 0.2) is 0 Å². The van der Waals surface area contributed by atoms with Gasteiger partial charge in [-0.05, 0) is 18.2 Å². The van der Waals surface area contributed by atoms with E-state index in [1.54, 1.807) is 18.2 Å². The zero-order chi connectivity index (χ0) is 11.5. The Labute approximate surface area is 93.1 Å². The summed E-state index contributed by atoms with van der Waals surface area (Å²) in [5.74, 6) is 0.429. The summed E-state index contributed by atoms with van der Waals surface area (Å²) in [6.45, 7) is -0.402. The number of halogens is 2. The van der Waals surface area contributed by atoms with Crippen LogP contribution in [0.5, 0.6) is 0 Å². The van der Waals surface area contributed by atoms with Gasteiger partial charge in [0.25, 0.3) is 6.43 Å². The fourth-order valence-corrected chi connectivity index (χ4v) is 1.41. The van der Waals surface area contributed by atoms with Crippen molar-refractivity contribution in [1.29, 1.82) is 0 Å². The van der Waals surface area contributed by atoms with Crippen molar-refractivity contribution in [3.05, 3.63) is 30.3 Å². The highest BCUT2D eigenvalue weighted by Gasteiger charge is 2.03. The summed E-state index contributed by atoms with van der Waals surface area (Å²) < 4.78 is 24.0. The minimum absolute atomic E-state index is 0.402. The van der Waals surface area contributed by atoms with Crippen molar-refractivity contribution in [3.8, 4) is 0 Å². The predicted octanol–water partition coefficient (Wildman–Crippen LogP) is 1.71. The van der Waals surface area contributed by atoms with Gasteiger partial charge in [-0.1, -0.05) is 17.6 Å². The fraction of sp³-hybridized carbons (Fsp3) is 0.182. The molecule has 2 radical (unpaired) electrons. The normalized spacial score (nSPS) is 10.9. The highest BCUT2D eigenvalue weighted by molar-refractivity contribution is 6.33. The van der Waals surface area contributed by atoms with E-state index in [0.717, 1.165) is 5.39 Å². The highest BCUT2D eigenvalue weighted by Crippen LogP contribution is 2.13. The van der Waals surface area contributed by atoms with Gasteiger partial charge in [-0.25, -0.2) is 13.8 Å². The number of hydrogen-bond donors (Lipinski definition) is 1. The molecule has 80 valence electrons. The lowest BCUT2D eigenvalue weighted by Crippen LogP contribution is -2.11. The molecule has 5 heteroatoms. The molecule has 0 aliphatic rings. The van der Waals surface area contributed by atoms with Gasteiger partial charge in [-0.15, -0.1) is 0 Å². The predicted molar refractivity (Wildman–Crippen MR) is 61.6 cm³/mol. The molecule has 0 bridgehead atoms. The second-order valence-electron chi connectivity index (χ2n) is 3.42. The van der Waals surface area contributed by atoms with Gasteiger partial charge in [-0.3, -0.25) is 0 Å². The second kappa shape index (κ2) is 4.47. The summed E-state index contributed by atoms with van der Waals surface area (Å²) in [7, 11) is 5.62. The van der Waals surface area contributed by atoms with Crippen LogP contribution in [-0.4, -0.2) is 25.8 Å². The van der Waals surface area contributed by atoms with E-state index in [0.29, 0.717) is 16.8 Å². The molecule has 1 aromatic carbocycles. The lowest BCUT2D eigenvalue weighted by atomic mass is 9.95. The van der Waals surface area contributed by atoms with E-state index >= 15 is 0 Å². The summed E-state index contributed by atoms with van der Waals surface area (Å²) in [6, 6.07) is 8.81. The van der Waals surface area contributed by atoms with Crippen LogP contribution in [0, 0.1) is 0 Å². The Hall–Kier alpha value is -1.65. The monoisotopic (exact) mass is 218 g/mol. The number of hydrogen-bond acceptors (Lipinski definition) is 2. The molecule has 0 amide bonds. The molecular weight excluding hydrogens is 209 g/mol. The molecule has 0 unspecified atom stereocenters. The molecule has 0 saturated heterocycles. The molecule has 0 fully saturated rings. The van der Waals surface area contributed by atoms with Gasteiger partial charge in [0, 0.05) is 5.39 Å². The maximum Gasteiger partial charge on any atom is 0.255 e. The molecule has 0 aliphatic heterocycles. The molecule has 1 aromatic heterocycles. The third-order valence-corrected chi connectivity index (χ3v) is 2.15. The van der Waals surface area contributed by atoms with Crippen LogP contribution in [0.1, 0.15) is 0 Å². The van der Waals surface area contributed by atoms with Crippen LogP contribution in [0.4, 0.5) is 14.6 Å². The number of pyridine rings is 1. The summed E-state index contributed by atoms with van der Waals surface area (Å²) in [5.41, 5.74) is 1.30. The Morgan fingerprint density at radius 2 is 2.00 bits per heavy atom. The van der Waals surface area contributed by atoms with E-state index in [-0.39, 0.29) is 0 Å². The maximum absolute atomic E-state index is 12.0. The van der Waals surface area contributed by atoms with Crippen LogP contribution in [0.15, 0.2) is 30.3 Å². The Balaban J connectivity index is 2.28. The molecule has 2 aromatic rings. The molecule has 0 saturated carbocycles. The van der Waals surface area contributed by atoms with Crippen LogP contribution in [0.2, 0.25) is 0 Å². The number of benzene rings is 1. The number of alkyl halides is 2. The largest absolute Gasteiger partial charge is 0.364 e. The number of nitrogens with zero attached hydrogens (tertiary/aromatic N) is 1. The maximum atomic E-state index is 12.0. The number of nitrogens with one attached hydrogen (secondary N) is 1. The van der Waals surface area contributed by atoms with Crippen molar-refractivity contribution >= 4 is 30.0 Å². The molecule has 0 atom stereocenters.